The summed E-state index contributed by atoms with van der Waals surface area (Å²) in [7, 11) is 0. The predicted octanol–water partition coefficient (Wildman–Crippen LogP) is 3.81. The molecule has 2 saturated carbocycles. The predicted molar refractivity (Wildman–Crippen MR) is 96.8 cm³/mol. The molecule has 2 aliphatic carbocycles. The molecule has 2 atom stereocenters. The van der Waals surface area contributed by atoms with Crippen LogP contribution in [0.2, 0.25) is 0 Å². The van der Waals surface area contributed by atoms with E-state index in [-0.39, 0.29) is 23.6 Å². The van der Waals surface area contributed by atoms with E-state index in [9.17, 15) is 9.90 Å². The molecule has 0 aromatic carbocycles. The lowest BCUT2D eigenvalue weighted by atomic mass is 9.83. The van der Waals surface area contributed by atoms with E-state index in [1.54, 1.807) is 0 Å². The molecule has 4 nitrogen and oxygen atoms in total. The normalized spacial score (nSPS) is 31.7. The third kappa shape index (κ3) is 6.72. The number of aliphatic hydroxyl groups is 1. The van der Waals surface area contributed by atoms with Crippen molar-refractivity contribution in [3.05, 3.63) is 0 Å². The number of hydrogen-bond donors (Lipinski definition) is 2. The van der Waals surface area contributed by atoms with Crippen molar-refractivity contribution in [3.63, 3.8) is 0 Å². The number of aliphatic hydroxyl groups excluding tert-OH is 1. The first-order chi connectivity index (χ1) is 11.3. The maximum Gasteiger partial charge on any atom is 0.309 e. The maximum absolute atomic E-state index is 12.1. The lowest BCUT2D eigenvalue weighted by Crippen LogP contribution is -2.37. The van der Waals surface area contributed by atoms with E-state index in [0.29, 0.717) is 12.0 Å². The van der Waals surface area contributed by atoms with Gasteiger partial charge in [0.2, 0.25) is 0 Å². The molecule has 0 amide bonds. The van der Waals surface area contributed by atoms with E-state index in [1.807, 2.05) is 20.8 Å². The van der Waals surface area contributed by atoms with Gasteiger partial charge in [0.25, 0.3) is 0 Å². The van der Waals surface area contributed by atoms with Gasteiger partial charge in [-0.3, -0.25) is 4.79 Å². The van der Waals surface area contributed by atoms with Crippen molar-refractivity contribution in [1.82, 2.24) is 5.32 Å². The zero-order valence-corrected chi connectivity index (χ0v) is 15.9. The van der Waals surface area contributed by atoms with E-state index < -0.39 is 0 Å². The molecule has 2 unspecified atom stereocenters. The number of carbonyl (C=O) groups is 1. The summed E-state index contributed by atoms with van der Waals surface area (Å²) in [5, 5.41) is 13.7. The van der Waals surface area contributed by atoms with Crippen LogP contribution in [-0.2, 0) is 9.53 Å². The van der Waals surface area contributed by atoms with E-state index in [0.717, 1.165) is 51.5 Å². The number of ether oxygens (including phenoxy) is 1. The smallest absolute Gasteiger partial charge is 0.309 e. The third-order valence-corrected chi connectivity index (χ3v) is 5.52. The molecule has 140 valence electrons. The highest BCUT2D eigenvalue weighted by molar-refractivity contribution is 5.73. The molecule has 4 heteroatoms. The molecule has 0 aromatic heterocycles. The van der Waals surface area contributed by atoms with Crippen LogP contribution in [0.25, 0.3) is 0 Å². The van der Waals surface area contributed by atoms with Gasteiger partial charge in [0.15, 0.2) is 0 Å². The second-order valence-corrected chi connectivity index (χ2v) is 8.79. The summed E-state index contributed by atoms with van der Waals surface area (Å²) in [5.41, 5.74) is -0.379. The molecule has 24 heavy (non-hydrogen) atoms. The molecule has 0 aliphatic heterocycles. The first-order valence-corrected chi connectivity index (χ1v) is 9.99. The average Bonchev–Trinajstić information content (AvgIpc) is 2.52. The first-order valence-electron chi connectivity index (χ1n) is 9.99. The molecule has 0 spiro atoms. The molecule has 2 aliphatic rings. The van der Waals surface area contributed by atoms with E-state index >= 15 is 0 Å². The number of nitrogens with one attached hydrogen (secondary N) is 1. The Bertz CT molecular complexity index is 383. The van der Waals surface area contributed by atoms with Crippen LogP contribution in [-0.4, -0.2) is 35.4 Å². The van der Waals surface area contributed by atoms with E-state index in [4.69, 9.17) is 4.74 Å². The van der Waals surface area contributed by atoms with Gasteiger partial charge in [-0.1, -0.05) is 12.8 Å². The van der Waals surface area contributed by atoms with Gasteiger partial charge in [-0.2, -0.15) is 0 Å². The fraction of sp³-hybridized carbons (Fsp3) is 0.950. The summed E-state index contributed by atoms with van der Waals surface area (Å²) in [6.45, 7) is 6.83. The highest BCUT2D eigenvalue weighted by Crippen LogP contribution is 2.29. The Hall–Kier alpha value is -0.610. The summed E-state index contributed by atoms with van der Waals surface area (Å²) in [5.74, 6) is 0.579. The largest absolute Gasteiger partial charge is 0.460 e. The summed E-state index contributed by atoms with van der Waals surface area (Å²) in [4.78, 5) is 12.1. The van der Waals surface area contributed by atoms with Crippen molar-refractivity contribution >= 4 is 5.97 Å². The Kier molecular flexibility index (Phi) is 7.55. The molecule has 2 N–H and O–H groups in total. The molecule has 0 bridgehead atoms. The van der Waals surface area contributed by atoms with Gasteiger partial charge in [0, 0.05) is 6.04 Å². The number of carbonyl (C=O) groups excluding carboxylic acids is 1. The Morgan fingerprint density at radius 3 is 2.38 bits per heavy atom. The van der Waals surface area contributed by atoms with Crippen LogP contribution in [0, 0.1) is 11.8 Å². The van der Waals surface area contributed by atoms with Crippen LogP contribution < -0.4 is 5.32 Å². The molecule has 0 heterocycles. The van der Waals surface area contributed by atoms with Gasteiger partial charge in [0.05, 0.1) is 12.0 Å². The van der Waals surface area contributed by atoms with E-state index in [1.165, 1.54) is 19.3 Å². The maximum atomic E-state index is 12.1. The van der Waals surface area contributed by atoms with Crippen LogP contribution >= 0.6 is 0 Å². The Morgan fingerprint density at radius 2 is 1.75 bits per heavy atom. The monoisotopic (exact) mass is 339 g/mol. The van der Waals surface area contributed by atoms with Crippen molar-refractivity contribution in [2.45, 2.75) is 103 Å². The van der Waals surface area contributed by atoms with Crippen molar-refractivity contribution in [2.24, 2.45) is 11.8 Å². The van der Waals surface area contributed by atoms with Crippen LogP contribution in [0.1, 0.15) is 85.0 Å². The highest BCUT2D eigenvalue weighted by atomic mass is 16.6. The number of hydrogen-bond acceptors (Lipinski definition) is 4. The van der Waals surface area contributed by atoms with Gasteiger partial charge in [0.1, 0.15) is 5.60 Å². The second kappa shape index (κ2) is 9.19. The minimum atomic E-state index is -0.379. The molecule has 2 rings (SSSR count). The summed E-state index contributed by atoms with van der Waals surface area (Å²) >= 11 is 0. The number of esters is 1. The van der Waals surface area contributed by atoms with Gasteiger partial charge in [-0.15, -0.1) is 0 Å². The molecule has 2 fully saturated rings. The van der Waals surface area contributed by atoms with E-state index in [2.05, 4.69) is 5.32 Å². The summed E-state index contributed by atoms with van der Waals surface area (Å²) < 4.78 is 5.51. The SMILES string of the molecule is CC(C)(C)OC(=O)C1CCC(NCCCC2CCCCC2O)CC1. The Balaban J connectivity index is 1.57. The number of rotatable bonds is 6. The van der Waals surface area contributed by atoms with Gasteiger partial charge < -0.3 is 15.2 Å². The fourth-order valence-electron chi connectivity index (χ4n) is 4.11. The quantitative estimate of drug-likeness (QED) is 0.571. The van der Waals surface area contributed by atoms with Gasteiger partial charge in [-0.05, 0) is 84.6 Å². The third-order valence-electron chi connectivity index (χ3n) is 5.52. The topological polar surface area (TPSA) is 58.6 Å². The first kappa shape index (κ1) is 19.7. The van der Waals surface area contributed by atoms with Crippen LogP contribution in [0.15, 0.2) is 0 Å². The zero-order chi connectivity index (χ0) is 17.6. The lowest BCUT2D eigenvalue weighted by molar-refractivity contribution is -0.161. The molecule has 0 aromatic rings. The second-order valence-electron chi connectivity index (χ2n) is 8.79. The van der Waals surface area contributed by atoms with Crippen molar-refractivity contribution in [1.29, 1.82) is 0 Å². The summed E-state index contributed by atoms with van der Waals surface area (Å²) in [6, 6.07) is 0.542. The van der Waals surface area contributed by atoms with Crippen molar-refractivity contribution < 1.29 is 14.6 Å². The molecule has 0 radical (unpaired) electrons. The fourth-order valence-corrected chi connectivity index (χ4v) is 4.11. The van der Waals surface area contributed by atoms with Crippen LogP contribution in [0.5, 0.6) is 0 Å². The Labute approximate surface area is 147 Å². The average molecular weight is 340 g/mol. The lowest BCUT2D eigenvalue weighted by Gasteiger charge is -2.31. The van der Waals surface area contributed by atoms with Crippen molar-refractivity contribution in [2.75, 3.05) is 6.54 Å². The molecule has 0 saturated heterocycles. The minimum absolute atomic E-state index is 0.0211. The van der Waals surface area contributed by atoms with Crippen molar-refractivity contribution in [3.8, 4) is 0 Å². The zero-order valence-electron chi connectivity index (χ0n) is 15.9. The minimum Gasteiger partial charge on any atom is -0.460 e. The van der Waals surface area contributed by atoms with Gasteiger partial charge >= 0.3 is 5.97 Å². The standard InChI is InChI=1S/C20H37NO3/c1-20(2,3)24-19(23)16-10-12-17(13-11-16)21-14-6-8-15-7-4-5-9-18(15)22/h15-18,21-22H,4-14H2,1-3H3. The Morgan fingerprint density at radius 1 is 1.08 bits per heavy atom. The molecular weight excluding hydrogens is 302 g/mol. The van der Waals surface area contributed by atoms with Gasteiger partial charge in [-0.25, -0.2) is 0 Å². The highest BCUT2D eigenvalue weighted by Gasteiger charge is 2.29. The summed E-state index contributed by atoms with van der Waals surface area (Å²) in [6.07, 6.45) is 10.9. The van der Waals surface area contributed by atoms with Crippen LogP contribution in [0.4, 0.5) is 0 Å². The van der Waals surface area contributed by atoms with Crippen LogP contribution in [0.3, 0.4) is 0 Å². The molecular formula is C20H37NO3.